The fraction of sp³-hybridized carbons (Fsp3) is 0.357. The Morgan fingerprint density at radius 3 is 2.64 bits per heavy atom. The molecule has 0 fully saturated rings. The van der Waals surface area contributed by atoms with Gasteiger partial charge >= 0.3 is 6.03 Å². The molecular formula is C14H16N4O4. The summed E-state index contributed by atoms with van der Waals surface area (Å²) in [6.07, 6.45) is 0. The van der Waals surface area contributed by atoms with Gasteiger partial charge in [-0.1, -0.05) is 0 Å². The summed E-state index contributed by atoms with van der Waals surface area (Å²) in [5, 5.41) is 24.7. The number of urea groups is 1. The second kappa shape index (κ2) is 4.79. The van der Waals surface area contributed by atoms with Crippen molar-refractivity contribution in [2.24, 2.45) is 4.99 Å². The van der Waals surface area contributed by atoms with Crippen LogP contribution in [0.2, 0.25) is 0 Å². The second-order valence-electron chi connectivity index (χ2n) is 5.36. The molecule has 4 N–H and O–H groups in total. The number of aryl methyl sites for hydroxylation is 2. The molecule has 22 heavy (non-hydrogen) atoms. The van der Waals surface area contributed by atoms with E-state index in [9.17, 15) is 19.8 Å². The van der Waals surface area contributed by atoms with Crippen LogP contribution in [-0.4, -0.2) is 46.9 Å². The summed E-state index contributed by atoms with van der Waals surface area (Å²) in [7, 11) is 0. The van der Waals surface area contributed by atoms with Gasteiger partial charge in [-0.05, 0) is 37.1 Å². The predicted octanol–water partition coefficient (Wildman–Crippen LogP) is -0.135. The largest absolute Gasteiger partial charge is 0.395 e. The fourth-order valence-electron chi connectivity index (χ4n) is 2.62. The highest BCUT2D eigenvalue weighted by molar-refractivity contribution is 6.28. The minimum atomic E-state index is -2.14. The molecule has 0 saturated carbocycles. The number of fused-ring (bicyclic) bond motifs is 2. The van der Waals surface area contributed by atoms with Crippen molar-refractivity contribution in [2.75, 3.05) is 23.4 Å². The summed E-state index contributed by atoms with van der Waals surface area (Å²) in [4.78, 5) is 28.8. The smallest absolute Gasteiger partial charge is 0.349 e. The molecule has 116 valence electrons. The molecule has 0 aromatic heterocycles. The van der Waals surface area contributed by atoms with Crippen LogP contribution in [0.1, 0.15) is 11.1 Å². The van der Waals surface area contributed by atoms with Crippen LogP contribution in [-0.2, 0) is 4.79 Å². The molecule has 2 aliphatic heterocycles. The van der Waals surface area contributed by atoms with Crippen LogP contribution in [0.5, 0.6) is 0 Å². The van der Waals surface area contributed by atoms with Crippen molar-refractivity contribution in [2.45, 2.75) is 19.6 Å². The zero-order valence-corrected chi connectivity index (χ0v) is 12.2. The first-order valence-electron chi connectivity index (χ1n) is 6.81. The number of carbonyl (C=O) groups excluding carboxylic acids is 2. The van der Waals surface area contributed by atoms with Crippen molar-refractivity contribution in [3.63, 3.8) is 0 Å². The van der Waals surface area contributed by atoms with Crippen LogP contribution in [0.3, 0.4) is 0 Å². The van der Waals surface area contributed by atoms with E-state index in [4.69, 9.17) is 0 Å². The lowest BCUT2D eigenvalue weighted by Gasteiger charge is -2.43. The molecule has 8 heteroatoms. The molecule has 1 atom stereocenters. The van der Waals surface area contributed by atoms with Crippen molar-refractivity contribution in [1.82, 2.24) is 5.32 Å². The minimum Gasteiger partial charge on any atom is -0.395 e. The SMILES string of the molecule is Cc1cc2c(cc1C)N(CCO)C1=NC(=O)NC(=O)C1(O)N2. The van der Waals surface area contributed by atoms with E-state index >= 15 is 0 Å². The predicted molar refractivity (Wildman–Crippen MR) is 79.9 cm³/mol. The number of amidine groups is 1. The van der Waals surface area contributed by atoms with Gasteiger partial charge in [-0.3, -0.25) is 10.1 Å². The van der Waals surface area contributed by atoms with Gasteiger partial charge in [0, 0.05) is 6.54 Å². The van der Waals surface area contributed by atoms with Crippen LogP contribution < -0.4 is 15.5 Å². The molecule has 0 bridgehead atoms. The number of anilines is 2. The maximum Gasteiger partial charge on any atom is 0.349 e. The fourth-order valence-corrected chi connectivity index (χ4v) is 2.62. The average molecular weight is 304 g/mol. The summed E-state index contributed by atoms with van der Waals surface area (Å²) in [5.41, 5.74) is 1.01. The van der Waals surface area contributed by atoms with Gasteiger partial charge in [-0.2, -0.15) is 4.99 Å². The van der Waals surface area contributed by atoms with Crippen molar-refractivity contribution in [3.8, 4) is 0 Å². The first-order chi connectivity index (χ1) is 10.4. The number of aliphatic hydroxyl groups is 2. The van der Waals surface area contributed by atoms with Crippen LogP contribution in [0.15, 0.2) is 17.1 Å². The van der Waals surface area contributed by atoms with Gasteiger partial charge in [-0.25, -0.2) is 4.79 Å². The Morgan fingerprint density at radius 2 is 1.95 bits per heavy atom. The number of amides is 3. The number of hydrogen-bond donors (Lipinski definition) is 4. The average Bonchev–Trinajstić information content (AvgIpc) is 2.44. The molecule has 0 spiro atoms. The lowest BCUT2D eigenvalue weighted by molar-refractivity contribution is -0.131. The summed E-state index contributed by atoms with van der Waals surface area (Å²) in [5.74, 6) is -1.03. The number of rotatable bonds is 2. The first kappa shape index (κ1) is 14.5. The number of hydrogen-bond acceptors (Lipinski definition) is 6. The Morgan fingerprint density at radius 1 is 1.27 bits per heavy atom. The number of aliphatic imine (C=N–C) groups is 1. The van der Waals surface area contributed by atoms with Gasteiger partial charge in [0.1, 0.15) is 0 Å². The molecule has 2 heterocycles. The molecule has 8 nitrogen and oxygen atoms in total. The number of carbonyl (C=O) groups is 2. The van der Waals surface area contributed by atoms with Gasteiger partial charge in [0.25, 0.3) is 11.6 Å². The third-order valence-corrected chi connectivity index (χ3v) is 3.88. The maximum atomic E-state index is 12.1. The molecule has 1 aromatic carbocycles. The molecule has 0 radical (unpaired) electrons. The van der Waals surface area contributed by atoms with Gasteiger partial charge in [-0.15, -0.1) is 0 Å². The van der Waals surface area contributed by atoms with E-state index in [1.165, 1.54) is 4.90 Å². The van der Waals surface area contributed by atoms with E-state index in [0.29, 0.717) is 11.4 Å². The number of nitrogens with zero attached hydrogens (tertiary/aromatic N) is 2. The van der Waals surface area contributed by atoms with Crippen molar-refractivity contribution >= 4 is 29.1 Å². The Hall–Kier alpha value is -2.45. The summed E-state index contributed by atoms with van der Waals surface area (Å²) >= 11 is 0. The van der Waals surface area contributed by atoms with Crippen molar-refractivity contribution < 1.29 is 19.8 Å². The molecule has 1 unspecified atom stereocenters. The lowest BCUT2D eigenvalue weighted by atomic mass is 9.99. The van der Waals surface area contributed by atoms with E-state index in [1.807, 2.05) is 25.2 Å². The topological polar surface area (TPSA) is 114 Å². The summed E-state index contributed by atoms with van der Waals surface area (Å²) in [6.45, 7) is 3.70. The number of β-amino-alcohol motifs (C(OH)–C–C–N with tert-alkyl or cyclic N) is 1. The van der Waals surface area contributed by atoms with Crippen LogP contribution >= 0.6 is 0 Å². The summed E-state index contributed by atoms with van der Waals surface area (Å²) < 4.78 is 0. The molecule has 1 aromatic rings. The van der Waals surface area contributed by atoms with Gasteiger partial charge in [0.2, 0.25) is 0 Å². The molecule has 2 aliphatic rings. The number of benzene rings is 1. The Bertz CT molecular complexity index is 715. The second-order valence-corrected chi connectivity index (χ2v) is 5.36. The van der Waals surface area contributed by atoms with Crippen LogP contribution in [0.4, 0.5) is 16.2 Å². The highest BCUT2D eigenvalue weighted by Gasteiger charge is 2.52. The standard InChI is InChI=1S/C14H16N4O4/c1-7-5-9-10(6-8(7)2)18(3-4-19)11-14(22,17-9)12(20)16-13(21)15-11/h5-6,17,19,22H,3-4H2,1-2H3,(H,16,20,21). The Labute approximate surface area is 126 Å². The monoisotopic (exact) mass is 304 g/mol. The third kappa shape index (κ3) is 1.96. The van der Waals surface area contributed by atoms with Gasteiger partial charge in [0.05, 0.1) is 18.0 Å². The van der Waals surface area contributed by atoms with Crippen LogP contribution in [0.25, 0.3) is 0 Å². The molecule has 0 aliphatic carbocycles. The molecule has 3 amide bonds. The van der Waals surface area contributed by atoms with E-state index in [2.05, 4.69) is 10.3 Å². The van der Waals surface area contributed by atoms with E-state index in [-0.39, 0.29) is 19.0 Å². The molecule has 0 saturated heterocycles. The normalized spacial score (nSPS) is 23.3. The first-order valence-corrected chi connectivity index (χ1v) is 6.81. The quantitative estimate of drug-likeness (QED) is 0.605. The number of aliphatic hydroxyl groups excluding tert-OH is 1. The zero-order valence-electron chi connectivity index (χ0n) is 12.2. The lowest BCUT2D eigenvalue weighted by Crippen LogP contribution is -2.68. The van der Waals surface area contributed by atoms with Gasteiger partial charge < -0.3 is 20.4 Å². The molecule has 3 rings (SSSR count). The van der Waals surface area contributed by atoms with E-state index in [0.717, 1.165) is 11.1 Å². The number of imide groups is 1. The third-order valence-electron chi connectivity index (χ3n) is 3.88. The van der Waals surface area contributed by atoms with Gasteiger partial charge in [0.15, 0.2) is 5.84 Å². The van der Waals surface area contributed by atoms with Crippen LogP contribution in [0, 0.1) is 13.8 Å². The molecular weight excluding hydrogens is 288 g/mol. The highest BCUT2D eigenvalue weighted by atomic mass is 16.3. The Kier molecular flexibility index (Phi) is 3.15. The van der Waals surface area contributed by atoms with E-state index < -0.39 is 17.7 Å². The maximum absolute atomic E-state index is 12.1. The highest BCUT2D eigenvalue weighted by Crippen LogP contribution is 2.37. The minimum absolute atomic E-state index is 0.0961. The van der Waals surface area contributed by atoms with Crippen molar-refractivity contribution in [3.05, 3.63) is 23.3 Å². The van der Waals surface area contributed by atoms with E-state index in [1.54, 1.807) is 6.07 Å². The number of nitrogens with one attached hydrogen (secondary N) is 2. The van der Waals surface area contributed by atoms with Crippen molar-refractivity contribution in [1.29, 1.82) is 0 Å². The Balaban J connectivity index is 2.23. The summed E-state index contributed by atoms with van der Waals surface area (Å²) in [6, 6.07) is 2.81. The zero-order chi connectivity index (χ0) is 16.1.